The molecule has 2 aromatic carbocycles. The molecule has 0 aliphatic heterocycles. The minimum absolute atomic E-state index is 0.00792. The second-order valence-corrected chi connectivity index (χ2v) is 7.05. The van der Waals surface area contributed by atoms with Crippen molar-refractivity contribution in [2.75, 3.05) is 18.5 Å². The van der Waals surface area contributed by atoms with E-state index in [9.17, 15) is 10.1 Å². The third kappa shape index (κ3) is 6.00. The molecular weight excluding hydrogens is 479 g/mol. The number of carbonyl (C=O) groups is 1. The number of nitrogens with zero attached hydrogens (tertiary/aromatic N) is 1. The first kappa shape index (κ1) is 22.3. The Hall–Kier alpha value is -2.97. The van der Waals surface area contributed by atoms with Crippen molar-refractivity contribution in [3.05, 3.63) is 56.7 Å². The zero-order chi connectivity index (χ0) is 21.2. The van der Waals surface area contributed by atoms with Gasteiger partial charge < -0.3 is 14.8 Å². The Morgan fingerprint density at radius 1 is 1.28 bits per heavy atom. The van der Waals surface area contributed by atoms with Gasteiger partial charge in [0.15, 0.2) is 11.5 Å². The highest BCUT2D eigenvalue weighted by Crippen LogP contribution is 2.35. The number of ether oxygens (including phenoxy) is 2. The Morgan fingerprint density at radius 3 is 2.69 bits per heavy atom. The van der Waals surface area contributed by atoms with E-state index in [-0.39, 0.29) is 12.2 Å². The maximum absolute atomic E-state index is 12.6. The van der Waals surface area contributed by atoms with Crippen LogP contribution in [0.2, 0.25) is 0 Å². The topological polar surface area (TPSA) is 71.3 Å². The predicted octanol–water partition coefficient (Wildman–Crippen LogP) is 4.81. The van der Waals surface area contributed by atoms with Gasteiger partial charge in [0.1, 0.15) is 18.2 Å². The Balaban J connectivity index is 2.35. The van der Waals surface area contributed by atoms with Crippen LogP contribution in [0.15, 0.2) is 42.0 Å². The van der Waals surface area contributed by atoms with Gasteiger partial charge in [-0.25, -0.2) is 0 Å². The average Bonchev–Trinajstić information content (AvgIpc) is 2.72. The molecule has 29 heavy (non-hydrogen) atoms. The van der Waals surface area contributed by atoms with E-state index in [0.717, 1.165) is 15.6 Å². The second-order valence-electron chi connectivity index (χ2n) is 5.89. The van der Waals surface area contributed by atoms with Crippen molar-refractivity contribution in [2.45, 2.75) is 20.3 Å². The number of halogens is 1. The number of carbonyl (C=O) groups excluding carboxylic acids is 1. The lowest BCUT2D eigenvalue weighted by Gasteiger charge is -2.13. The van der Waals surface area contributed by atoms with Gasteiger partial charge in [-0.1, -0.05) is 31.0 Å². The normalized spacial score (nSPS) is 10.6. The van der Waals surface area contributed by atoms with Crippen LogP contribution < -0.4 is 14.8 Å². The van der Waals surface area contributed by atoms with Crippen molar-refractivity contribution in [3.8, 4) is 29.9 Å². The Labute approximate surface area is 184 Å². The van der Waals surface area contributed by atoms with Crippen molar-refractivity contribution in [2.24, 2.45) is 0 Å². The van der Waals surface area contributed by atoms with Crippen LogP contribution in [-0.2, 0) is 11.2 Å². The standard InChI is InChI=1S/C23H21IN2O3/c1-4-11-29-22-19(24)13-16(14-21(22)28-6-3)12-18(15-25)23(27)26-20-10-8-7-9-17(20)5-2/h1,7-10,12-14H,5-6,11H2,2-3H3,(H,26,27)/b18-12+. The fraction of sp³-hybridized carbons (Fsp3) is 0.217. The average molecular weight is 500 g/mol. The lowest BCUT2D eigenvalue weighted by molar-refractivity contribution is -0.112. The molecule has 0 heterocycles. The van der Waals surface area contributed by atoms with Crippen molar-refractivity contribution < 1.29 is 14.3 Å². The summed E-state index contributed by atoms with van der Waals surface area (Å²) in [5.74, 6) is 3.02. The Bertz CT molecular complexity index is 1000. The highest BCUT2D eigenvalue weighted by atomic mass is 127. The fourth-order valence-electron chi connectivity index (χ4n) is 2.64. The largest absolute Gasteiger partial charge is 0.490 e. The highest BCUT2D eigenvalue weighted by Gasteiger charge is 2.15. The minimum Gasteiger partial charge on any atom is -0.490 e. The summed E-state index contributed by atoms with van der Waals surface area (Å²) in [5, 5.41) is 12.3. The minimum atomic E-state index is -0.464. The van der Waals surface area contributed by atoms with Crippen LogP contribution in [0.5, 0.6) is 11.5 Å². The lowest BCUT2D eigenvalue weighted by atomic mass is 10.1. The van der Waals surface area contributed by atoms with Gasteiger partial charge in [-0.05, 0) is 71.3 Å². The molecule has 0 fully saturated rings. The molecule has 1 amide bonds. The molecular formula is C23H21IN2O3. The van der Waals surface area contributed by atoms with Crippen molar-refractivity contribution in [1.82, 2.24) is 0 Å². The van der Waals surface area contributed by atoms with E-state index in [1.807, 2.05) is 44.2 Å². The van der Waals surface area contributed by atoms with Gasteiger partial charge in [-0.2, -0.15) is 5.26 Å². The van der Waals surface area contributed by atoms with E-state index in [4.69, 9.17) is 15.9 Å². The quantitative estimate of drug-likeness (QED) is 0.245. The number of terminal acetylenes is 1. The molecule has 148 valence electrons. The summed E-state index contributed by atoms with van der Waals surface area (Å²) in [6, 6.07) is 13.0. The summed E-state index contributed by atoms with van der Waals surface area (Å²) >= 11 is 2.11. The number of nitrogens with one attached hydrogen (secondary N) is 1. The smallest absolute Gasteiger partial charge is 0.266 e. The van der Waals surface area contributed by atoms with Gasteiger partial charge >= 0.3 is 0 Å². The molecule has 0 aromatic heterocycles. The molecule has 5 nitrogen and oxygen atoms in total. The van der Waals surface area contributed by atoms with Crippen LogP contribution in [0.25, 0.3) is 6.08 Å². The van der Waals surface area contributed by atoms with Gasteiger partial charge in [-0.15, -0.1) is 6.42 Å². The molecule has 0 saturated carbocycles. The third-order valence-electron chi connectivity index (χ3n) is 3.95. The molecule has 6 heteroatoms. The first-order valence-corrected chi connectivity index (χ1v) is 10.2. The van der Waals surface area contributed by atoms with Gasteiger partial charge in [0.2, 0.25) is 0 Å². The van der Waals surface area contributed by atoms with Gasteiger partial charge in [0.25, 0.3) is 5.91 Å². The van der Waals surface area contributed by atoms with Crippen molar-refractivity contribution in [3.63, 3.8) is 0 Å². The molecule has 0 aliphatic carbocycles. The zero-order valence-corrected chi connectivity index (χ0v) is 18.4. The number of aryl methyl sites for hydroxylation is 1. The monoisotopic (exact) mass is 500 g/mol. The van der Waals surface area contributed by atoms with Crippen LogP contribution in [-0.4, -0.2) is 19.1 Å². The second kappa shape index (κ2) is 11.1. The summed E-state index contributed by atoms with van der Waals surface area (Å²) in [4.78, 5) is 12.6. The third-order valence-corrected chi connectivity index (χ3v) is 4.76. The van der Waals surface area contributed by atoms with Gasteiger partial charge in [-0.3, -0.25) is 4.79 Å². The molecule has 0 saturated heterocycles. The first-order chi connectivity index (χ1) is 14.0. The molecule has 2 rings (SSSR count). The molecule has 0 spiro atoms. The number of nitriles is 1. The van der Waals surface area contributed by atoms with E-state index in [1.54, 1.807) is 12.1 Å². The van der Waals surface area contributed by atoms with Crippen LogP contribution >= 0.6 is 22.6 Å². The van der Waals surface area contributed by atoms with E-state index in [2.05, 4.69) is 33.8 Å². The molecule has 0 unspecified atom stereocenters. The number of benzene rings is 2. The molecule has 1 N–H and O–H groups in total. The number of para-hydroxylation sites is 1. The first-order valence-electron chi connectivity index (χ1n) is 9.07. The van der Waals surface area contributed by atoms with Crippen molar-refractivity contribution in [1.29, 1.82) is 5.26 Å². The molecule has 0 bridgehead atoms. The number of anilines is 1. The van der Waals surface area contributed by atoms with Crippen LogP contribution in [0, 0.1) is 27.2 Å². The zero-order valence-electron chi connectivity index (χ0n) is 16.3. The van der Waals surface area contributed by atoms with E-state index < -0.39 is 5.91 Å². The summed E-state index contributed by atoms with van der Waals surface area (Å²) in [6.45, 7) is 4.43. The van der Waals surface area contributed by atoms with Crippen LogP contribution in [0.3, 0.4) is 0 Å². The number of hydrogen-bond acceptors (Lipinski definition) is 4. The van der Waals surface area contributed by atoms with Crippen LogP contribution in [0.4, 0.5) is 5.69 Å². The highest BCUT2D eigenvalue weighted by molar-refractivity contribution is 14.1. The van der Waals surface area contributed by atoms with Crippen LogP contribution in [0.1, 0.15) is 25.0 Å². The van der Waals surface area contributed by atoms with Gasteiger partial charge in [0, 0.05) is 5.69 Å². The number of amides is 1. The Morgan fingerprint density at radius 2 is 2.03 bits per heavy atom. The molecule has 2 aromatic rings. The molecule has 0 radical (unpaired) electrons. The molecule has 0 atom stereocenters. The summed E-state index contributed by atoms with van der Waals surface area (Å²) in [7, 11) is 0. The maximum Gasteiger partial charge on any atom is 0.266 e. The predicted molar refractivity (Wildman–Crippen MR) is 123 cm³/mol. The van der Waals surface area contributed by atoms with Gasteiger partial charge in [0.05, 0.1) is 10.2 Å². The van der Waals surface area contributed by atoms with E-state index in [0.29, 0.717) is 29.4 Å². The summed E-state index contributed by atoms with van der Waals surface area (Å²) < 4.78 is 12.0. The van der Waals surface area contributed by atoms with Crippen molar-refractivity contribution >= 4 is 40.3 Å². The molecule has 0 aliphatic rings. The number of rotatable bonds is 8. The lowest BCUT2D eigenvalue weighted by Crippen LogP contribution is -2.14. The fourth-order valence-corrected chi connectivity index (χ4v) is 3.42. The summed E-state index contributed by atoms with van der Waals surface area (Å²) in [6.07, 6.45) is 7.58. The van der Waals surface area contributed by atoms with E-state index in [1.165, 1.54) is 6.08 Å². The Kier molecular flexibility index (Phi) is 8.57. The SMILES string of the molecule is C#CCOc1c(I)cc(/C=C(\C#N)C(=O)Nc2ccccc2CC)cc1OCC. The van der Waals surface area contributed by atoms with E-state index >= 15 is 0 Å². The maximum atomic E-state index is 12.6. The summed E-state index contributed by atoms with van der Waals surface area (Å²) in [5.41, 5.74) is 2.35. The number of hydrogen-bond donors (Lipinski definition) is 1.